The Kier molecular flexibility index (Phi) is 5.58. The van der Waals surface area contributed by atoms with Gasteiger partial charge in [0.15, 0.2) is 5.41 Å². The van der Waals surface area contributed by atoms with Crippen molar-refractivity contribution in [2.45, 2.75) is 46.5 Å². The number of ether oxygens (including phenoxy) is 2. The Bertz CT molecular complexity index is 331. The van der Waals surface area contributed by atoms with Gasteiger partial charge in [-0.25, -0.2) is 0 Å². The van der Waals surface area contributed by atoms with Crippen LogP contribution >= 0.6 is 0 Å². The van der Waals surface area contributed by atoms with Gasteiger partial charge in [-0.05, 0) is 52.4 Å². The van der Waals surface area contributed by atoms with Crippen LogP contribution in [0, 0.1) is 11.3 Å². The van der Waals surface area contributed by atoms with Gasteiger partial charge in [-0.1, -0.05) is 12.2 Å². The molecule has 0 amide bonds. The third kappa shape index (κ3) is 3.37. The Hall–Kier alpha value is -1.32. The first-order valence-corrected chi connectivity index (χ1v) is 6.97. The second kappa shape index (κ2) is 6.73. The highest BCUT2D eigenvalue weighted by molar-refractivity contribution is 6.00. The Morgan fingerprint density at radius 2 is 1.53 bits per heavy atom. The van der Waals surface area contributed by atoms with Crippen LogP contribution in [-0.2, 0) is 19.1 Å². The van der Waals surface area contributed by atoms with E-state index in [1.54, 1.807) is 13.8 Å². The van der Waals surface area contributed by atoms with Crippen LogP contribution in [-0.4, -0.2) is 25.2 Å². The van der Waals surface area contributed by atoms with E-state index < -0.39 is 17.4 Å². The smallest absolute Gasteiger partial charge is 0.323 e. The van der Waals surface area contributed by atoms with Crippen molar-refractivity contribution in [3.63, 3.8) is 0 Å². The lowest BCUT2D eigenvalue weighted by molar-refractivity contribution is -0.175. The fourth-order valence-electron chi connectivity index (χ4n) is 2.63. The van der Waals surface area contributed by atoms with E-state index in [1.165, 1.54) is 0 Å². The molecule has 0 heterocycles. The molecule has 1 fully saturated rings. The molecule has 0 unspecified atom stereocenters. The summed E-state index contributed by atoms with van der Waals surface area (Å²) in [6.07, 6.45) is 2.55. The molecule has 0 aromatic carbocycles. The first kappa shape index (κ1) is 15.7. The molecule has 0 radical (unpaired) electrons. The summed E-state index contributed by atoms with van der Waals surface area (Å²) in [6, 6.07) is 0. The fraction of sp³-hybridized carbons (Fsp3) is 0.733. The van der Waals surface area contributed by atoms with Gasteiger partial charge < -0.3 is 9.47 Å². The second-order valence-electron chi connectivity index (χ2n) is 5.14. The van der Waals surface area contributed by atoms with Gasteiger partial charge in [0.05, 0.1) is 13.2 Å². The quantitative estimate of drug-likeness (QED) is 0.437. The first-order valence-electron chi connectivity index (χ1n) is 6.97. The molecule has 0 saturated heterocycles. The van der Waals surface area contributed by atoms with Gasteiger partial charge in [0.2, 0.25) is 0 Å². The maximum Gasteiger partial charge on any atom is 0.323 e. The molecule has 0 N–H and O–H groups in total. The third-order valence-corrected chi connectivity index (χ3v) is 3.87. The molecule has 0 aromatic heterocycles. The van der Waals surface area contributed by atoms with Crippen LogP contribution < -0.4 is 0 Å². The number of carbonyl (C=O) groups is 2. The zero-order valence-electron chi connectivity index (χ0n) is 12.2. The van der Waals surface area contributed by atoms with Crippen LogP contribution in [0.2, 0.25) is 0 Å². The summed E-state index contributed by atoms with van der Waals surface area (Å²) in [7, 11) is 0. The largest absolute Gasteiger partial charge is 0.465 e. The minimum atomic E-state index is -1.10. The summed E-state index contributed by atoms with van der Waals surface area (Å²) in [4.78, 5) is 24.3. The molecule has 0 spiro atoms. The zero-order chi connectivity index (χ0) is 14.5. The molecule has 1 aliphatic rings. The monoisotopic (exact) mass is 268 g/mol. The normalized spacial score (nSPS) is 18.7. The maximum atomic E-state index is 12.2. The maximum absolute atomic E-state index is 12.2. The summed E-state index contributed by atoms with van der Waals surface area (Å²) in [5.74, 6) is -0.487. The van der Waals surface area contributed by atoms with Gasteiger partial charge in [-0.3, -0.25) is 9.59 Å². The van der Waals surface area contributed by atoms with Gasteiger partial charge in [0, 0.05) is 0 Å². The lowest BCUT2D eigenvalue weighted by Crippen LogP contribution is -2.45. The summed E-state index contributed by atoms with van der Waals surface area (Å²) < 4.78 is 10.2. The number of carbonyl (C=O) groups excluding carboxylic acids is 2. The molecule has 1 aliphatic carbocycles. The second-order valence-corrected chi connectivity index (χ2v) is 5.14. The number of esters is 2. The summed E-state index contributed by atoms with van der Waals surface area (Å²) in [5, 5.41) is 0. The van der Waals surface area contributed by atoms with Gasteiger partial charge in [-0.2, -0.15) is 0 Å². The highest BCUT2D eigenvalue weighted by Gasteiger charge is 2.50. The number of rotatable bonds is 5. The summed E-state index contributed by atoms with van der Waals surface area (Å²) in [6.45, 7) is 10.0. The van der Waals surface area contributed by atoms with Crippen molar-refractivity contribution in [2.75, 3.05) is 13.2 Å². The predicted molar refractivity (Wildman–Crippen MR) is 72.5 cm³/mol. The molecule has 19 heavy (non-hydrogen) atoms. The van der Waals surface area contributed by atoms with Crippen LogP contribution in [0.5, 0.6) is 0 Å². The minimum absolute atomic E-state index is 0.282. The minimum Gasteiger partial charge on any atom is -0.465 e. The van der Waals surface area contributed by atoms with Gasteiger partial charge in [-0.15, -0.1) is 0 Å². The first-order chi connectivity index (χ1) is 8.97. The van der Waals surface area contributed by atoms with Gasteiger partial charge >= 0.3 is 11.9 Å². The highest BCUT2D eigenvalue weighted by atomic mass is 16.6. The summed E-state index contributed by atoms with van der Waals surface area (Å²) >= 11 is 0. The van der Waals surface area contributed by atoms with Crippen LogP contribution in [0.1, 0.15) is 46.5 Å². The number of allylic oxidation sites excluding steroid dienone is 1. The molecule has 4 heteroatoms. The third-order valence-electron chi connectivity index (χ3n) is 3.87. The summed E-state index contributed by atoms with van der Waals surface area (Å²) in [5.41, 5.74) is 0.0131. The van der Waals surface area contributed by atoms with Crippen LogP contribution in [0.4, 0.5) is 0 Å². The molecular formula is C15H24O4. The van der Waals surface area contributed by atoms with E-state index in [-0.39, 0.29) is 13.2 Å². The van der Waals surface area contributed by atoms with Gasteiger partial charge in [0.25, 0.3) is 0 Å². The van der Waals surface area contributed by atoms with Gasteiger partial charge in [0.1, 0.15) is 0 Å². The van der Waals surface area contributed by atoms with Crippen molar-refractivity contribution in [2.24, 2.45) is 11.3 Å². The number of hydrogen-bond donors (Lipinski definition) is 0. The van der Waals surface area contributed by atoms with E-state index in [4.69, 9.17) is 9.47 Å². The lowest BCUT2D eigenvalue weighted by atomic mass is 9.69. The predicted octanol–water partition coefficient (Wildman–Crippen LogP) is 2.87. The van der Waals surface area contributed by atoms with Crippen molar-refractivity contribution < 1.29 is 19.1 Å². The van der Waals surface area contributed by atoms with Crippen molar-refractivity contribution in [3.05, 3.63) is 12.2 Å². The van der Waals surface area contributed by atoms with E-state index in [0.717, 1.165) is 18.4 Å². The van der Waals surface area contributed by atoms with E-state index in [2.05, 4.69) is 6.58 Å². The van der Waals surface area contributed by atoms with E-state index in [0.29, 0.717) is 18.8 Å². The highest BCUT2D eigenvalue weighted by Crippen LogP contribution is 2.43. The molecule has 1 rings (SSSR count). The molecule has 4 nitrogen and oxygen atoms in total. The molecule has 108 valence electrons. The zero-order valence-corrected chi connectivity index (χ0v) is 12.2. The molecule has 0 aromatic rings. The molecule has 1 saturated carbocycles. The van der Waals surface area contributed by atoms with E-state index >= 15 is 0 Å². The van der Waals surface area contributed by atoms with Crippen molar-refractivity contribution >= 4 is 11.9 Å². The topological polar surface area (TPSA) is 52.6 Å². The number of hydrogen-bond acceptors (Lipinski definition) is 4. The van der Waals surface area contributed by atoms with Crippen molar-refractivity contribution in [1.29, 1.82) is 0 Å². The fourth-order valence-corrected chi connectivity index (χ4v) is 2.63. The molecule has 0 aliphatic heterocycles. The molecular weight excluding hydrogens is 244 g/mol. The SMILES string of the molecule is C=C(C)C1CCC(C(=O)OCC)(C(=O)OCC)CC1. The lowest BCUT2D eigenvalue weighted by Gasteiger charge is -2.36. The van der Waals surface area contributed by atoms with Crippen LogP contribution in [0.15, 0.2) is 12.2 Å². The van der Waals surface area contributed by atoms with Crippen molar-refractivity contribution in [1.82, 2.24) is 0 Å². The molecule has 0 atom stereocenters. The molecule has 0 bridgehead atoms. The average Bonchev–Trinajstić information content (AvgIpc) is 2.39. The van der Waals surface area contributed by atoms with E-state index in [9.17, 15) is 9.59 Å². The average molecular weight is 268 g/mol. The standard InChI is InChI=1S/C15H24O4/c1-5-18-13(16)15(14(17)19-6-2)9-7-12(8-10-15)11(3)4/h12H,3,5-10H2,1-2,4H3. The van der Waals surface area contributed by atoms with Crippen LogP contribution in [0.3, 0.4) is 0 Å². The Morgan fingerprint density at radius 1 is 1.11 bits per heavy atom. The van der Waals surface area contributed by atoms with Crippen molar-refractivity contribution in [3.8, 4) is 0 Å². The Balaban J connectivity index is 2.87. The Labute approximate surface area is 115 Å². The van der Waals surface area contributed by atoms with Crippen LogP contribution in [0.25, 0.3) is 0 Å². The Morgan fingerprint density at radius 3 is 1.84 bits per heavy atom. The van der Waals surface area contributed by atoms with E-state index in [1.807, 2.05) is 6.92 Å².